The zero-order valence-corrected chi connectivity index (χ0v) is 12.0. The second kappa shape index (κ2) is 5.37. The van der Waals surface area contributed by atoms with E-state index in [0.29, 0.717) is 5.92 Å². The number of fused-ring (bicyclic) bond motifs is 2. The van der Waals surface area contributed by atoms with Gasteiger partial charge in [-0.3, -0.25) is 0 Å². The van der Waals surface area contributed by atoms with Crippen LogP contribution in [0.4, 0.5) is 0 Å². The molecule has 0 saturated heterocycles. The molecule has 2 N–H and O–H groups in total. The van der Waals surface area contributed by atoms with Crippen molar-refractivity contribution in [1.29, 1.82) is 0 Å². The minimum atomic E-state index is 0.703. The summed E-state index contributed by atoms with van der Waals surface area (Å²) < 4.78 is 2.29. The molecule has 0 saturated carbocycles. The lowest BCUT2D eigenvalue weighted by Crippen LogP contribution is -2.29. The number of nitrogens with one attached hydrogen (secondary N) is 2. The first kappa shape index (κ1) is 12.7. The summed E-state index contributed by atoms with van der Waals surface area (Å²) in [6.07, 6.45) is 8.36. The molecule has 4 heteroatoms. The van der Waals surface area contributed by atoms with Gasteiger partial charge in [0.05, 0.1) is 0 Å². The van der Waals surface area contributed by atoms with Crippen LogP contribution in [0.15, 0.2) is 42.9 Å². The van der Waals surface area contributed by atoms with E-state index in [1.165, 1.54) is 28.7 Å². The summed E-state index contributed by atoms with van der Waals surface area (Å²) in [5.41, 5.74) is 2.60. The van der Waals surface area contributed by atoms with Crippen LogP contribution in [-0.2, 0) is 19.5 Å². The molecule has 4 rings (SSSR count). The number of benzene rings is 1. The number of para-hydroxylation sites is 1. The first-order valence-corrected chi connectivity index (χ1v) is 7.66. The minimum absolute atomic E-state index is 0.703. The van der Waals surface area contributed by atoms with E-state index in [-0.39, 0.29) is 0 Å². The number of rotatable bonds is 4. The van der Waals surface area contributed by atoms with Crippen molar-refractivity contribution in [3.63, 3.8) is 0 Å². The third-order valence-electron chi connectivity index (χ3n) is 4.45. The highest BCUT2D eigenvalue weighted by Gasteiger charge is 2.18. The van der Waals surface area contributed by atoms with E-state index in [2.05, 4.69) is 50.3 Å². The van der Waals surface area contributed by atoms with Crippen molar-refractivity contribution in [3.8, 4) is 0 Å². The largest absolute Gasteiger partial charge is 0.361 e. The van der Waals surface area contributed by atoms with Gasteiger partial charge in [0.15, 0.2) is 0 Å². The lowest BCUT2D eigenvalue weighted by Gasteiger charge is -2.24. The van der Waals surface area contributed by atoms with E-state index in [1.54, 1.807) is 0 Å². The minimum Gasteiger partial charge on any atom is -0.361 e. The second-order valence-corrected chi connectivity index (χ2v) is 5.89. The summed E-state index contributed by atoms with van der Waals surface area (Å²) in [7, 11) is 0. The Labute approximate surface area is 124 Å². The molecule has 4 nitrogen and oxygen atoms in total. The fraction of sp³-hybridized carbons (Fsp3) is 0.353. The predicted molar refractivity (Wildman–Crippen MR) is 84.0 cm³/mol. The normalized spacial score (nSPS) is 18.0. The van der Waals surface area contributed by atoms with E-state index >= 15 is 0 Å². The summed E-state index contributed by atoms with van der Waals surface area (Å²) in [6.45, 7) is 3.08. The number of aromatic nitrogens is 3. The van der Waals surface area contributed by atoms with E-state index in [1.807, 2.05) is 12.4 Å². The SMILES string of the molecule is c1cc(CNC[C@@H]2CCc3nccn3C2)c2[nH]ccc2c1. The van der Waals surface area contributed by atoms with Gasteiger partial charge < -0.3 is 14.9 Å². The van der Waals surface area contributed by atoms with E-state index in [4.69, 9.17) is 0 Å². The summed E-state index contributed by atoms with van der Waals surface area (Å²) in [6, 6.07) is 8.60. The lowest BCUT2D eigenvalue weighted by molar-refractivity contribution is 0.347. The molecule has 2 aromatic heterocycles. The third-order valence-corrected chi connectivity index (χ3v) is 4.45. The molecule has 0 bridgehead atoms. The van der Waals surface area contributed by atoms with Crippen molar-refractivity contribution in [2.75, 3.05) is 6.54 Å². The van der Waals surface area contributed by atoms with E-state index in [9.17, 15) is 0 Å². The highest BCUT2D eigenvalue weighted by Crippen LogP contribution is 2.19. The van der Waals surface area contributed by atoms with Gasteiger partial charge in [0, 0.05) is 43.6 Å². The zero-order valence-electron chi connectivity index (χ0n) is 12.0. The van der Waals surface area contributed by atoms with Crippen molar-refractivity contribution in [2.45, 2.75) is 25.9 Å². The molecule has 1 atom stereocenters. The molecule has 0 spiro atoms. The third kappa shape index (κ3) is 2.47. The standard InChI is InChI=1S/C17H20N4/c1-2-14-6-7-20-17(14)15(3-1)11-18-10-13-4-5-16-19-8-9-21(16)12-13/h1-3,6-9,13,18,20H,4-5,10-12H2/t13-/m0/s1. The average Bonchev–Trinajstić information content (AvgIpc) is 3.15. The number of aromatic amines is 1. The number of H-pyrrole nitrogens is 1. The van der Waals surface area contributed by atoms with E-state index in [0.717, 1.165) is 26.1 Å². The molecule has 0 fully saturated rings. The van der Waals surface area contributed by atoms with Gasteiger partial charge in [0.2, 0.25) is 0 Å². The Morgan fingerprint density at radius 1 is 1.33 bits per heavy atom. The van der Waals surface area contributed by atoms with Gasteiger partial charge in [-0.05, 0) is 35.9 Å². The van der Waals surface area contributed by atoms with Gasteiger partial charge in [-0.15, -0.1) is 0 Å². The molecular weight excluding hydrogens is 260 g/mol. The van der Waals surface area contributed by atoms with Crippen LogP contribution < -0.4 is 5.32 Å². The monoisotopic (exact) mass is 280 g/mol. The van der Waals surface area contributed by atoms with Crippen molar-refractivity contribution < 1.29 is 0 Å². The molecule has 1 aromatic carbocycles. The summed E-state index contributed by atoms with van der Waals surface area (Å²) in [4.78, 5) is 7.72. The van der Waals surface area contributed by atoms with Crippen LogP contribution in [0.1, 0.15) is 17.8 Å². The Morgan fingerprint density at radius 3 is 3.33 bits per heavy atom. The summed E-state index contributed by atoms with van der Waals surface area (Å²) >= 11 is 0. The summed E-state index contributed by atoms with van der Waals surface area (Å²) in [5.74, 6) is 1.94. The fourth-order valence-electron chi connectivity index (χ4n) is 3.31. The summed E-state index contributed by atoms with van der Waals surface area (Å²) in [5, 5.41) is 4.91. The molecule has 21 heavy (non-hydrogen) atoms. The second-order valence-electron chi connectivity index (χ2n) is 5.89. The number of hydrogen-bond acceptors (Lipinski definition) is 2. The Balaban J connectivity index is 1.37. The first-order valence-electron chi connectivity index (χ1n) is 7.66. The molecule has 108 valence electrons. The zero-order chi connectivity index (χ0) is 14.1. The van der Waals surface area contributed by atoms with Crippen LogP contribution >= 0.6 is 0 Å². The molecule has 3 heterocycles. The van der Waals surface area contributed by atoms with Crippen molar-refractivity contribution >= 4 is 10.9 Å². The molecular formula is C17H20N4. The van der Waals surface area contributed by atoms with Gasteiger partial charge in [0.1, 0.15) is 5.82 Å². The Hall–Kier alpha value is -2.07. The number of aryl methyl sites for hydroxylation is 1. The van der Waals surface area contributed by atoms with Crippen LogP contribution in [-0.4, -0.2) is 21.1 Å². The van der Waals surface area contributed by atoms with Crippen LogP contribution in [0, 0.1) is 5.92 Å². The van der Waals surface area contributed by atoms with Crippen molar-refractivity contribution in [3.05, 3.63) is 54.2 Å². The Kier molecular flexibility index (Phi) is 3.24. The smallest absolute Gasteiger partial charge is 0.108 e. The van der Waals surface area contributed by atoms with Gasteiger partial charge >= 0.3 is 0 Å². The van der Waals surface area contributed by atoms with E-state index < -0.39 is 0 Å². The number of hydrogen-bond donors (Lipinski definition) is 2. The first-order chi connectivity index (χ1) is 10.4. The van der Waals surface area contributed by atoms with Crippen LogP contribution in [0.3, 0.4) is 0 Å². The predicted octanol–water partition coefficient (Wildman–Crippen LogP) is 2.72. The highest BCUT2D eigenvalue weighted by atomic mass is 15.1. The lowest BCUT2D eigenvalue weighted by atomic mass is 9.99. The van der Waals surface area contributed by atoms with Gasteiger partial charge in [-0.2, -0.15) is 0 Å². The number of imidazole rings is 1. The maximum atomic E-state index is 4.39. The maximum Gasteiger partial charge on any atom is 0.108 e. The molecule has 1 aliphatic heterocycles. The van der Waals surface area contributed by atoms with Gasteiger partial charge in [0.25, 0.3) is 0 Å². The maximum absolute atomic E-state index is 4.39. The van der Waals surface area contributed by atoms with Crippen LogP contribution in [0.25, 0.3) is 10.9 Å². The molecule has 0 aliphatic carbocycles. The molecule has 0 radical (unpaired) electrons. The van der Waals surface area contributed by atoms with Crippen LogP contribution in [0.2, 0.25) is 0 Å². The quantitative estimate of drug-likeness (QED) is 0.772. The van der Waals surface area contributed by atoms with Crippen LogP contribution in [0.5, 0.6) is 0 Å². The molecule has 0 unspecified atom stereocenters. The van der Waals surface area contributed by atoms with Crippen molar-refractivity contribution in [2.24, 2.45) is 5.92 Å². The Bertz CT molecular complexity index is 740. The molecule has 0 amide bonds. The van der Waals surface area contributed by atoms with Crippen molar-refractivity contribution in [1.82, 2.24) is 19.9 Å². The molecule has 3 aromatic rings. The Morgan fingerprint density at radius 2 is 2.33 bits per heavy atom. The topological polar surface area (TPSA) is 45.6 Å². The average molecular weight is 280 g/mol. The highest BCUT2D eigenvalue weighted by molar-refractivity contribution is 5.82. The van der Waals surface area contributed by atoms with Gasteiger partial charge in [-0.25, -0.2) is 4.98 Å². The van der Waals surface area contributed by atoms with Gasteiger partial charge in [-0.1, -0.05) is 18.2 Å². The fourth-order valence-corrected chi connectivity index (χ4v) is 3.31. The number of nitrogens with zero attached hydrogens (tertiary/aromatic N) is 2. The molecule has 1 aliphatic rings.